The van der Waals surface area contributed by atoms with E-state index in [9.17, 15) is 14.4 Å². The van der Waals surface area contributed by atoms with Crippen molar-refractivity contribution >= 4 is 17.9 Å². The third kappa shape index (κ3) is 57.6. The van der Waals surface area contributed by atoms with Gasteiger partial charge in [0, 0.05) is 19.3 Å². The van der Waals surface area contributed by atoms with Crippen LogP contribution in [0.25, 0.3) is 0 Å². The Morgan fingerprint density at radius 3 is 0.887 bits per heavy atom. The first-order valence-electron chi connectivity index (χ1n) is 30.5. The molecule has 0 rings (SSSR count). The van der Waals surface area contributed by atoms with Gasteiger partial charge in [0.15, 0.2) is 6.10 Å². The summed E-state index contributed by atoms with van der Waals surface area (Å²) < 4.78 is 16.9. The van der Waals surface area contributed by atoms with Crippen LogP contribution in [0.4, 0.5) is 0 Å². The number of carbonyl (C=O) groups is 3. The highest BCUT2D eigenvalue weighted by Gasteiger charge is 2.19. The molecule has 6 heteroatoms. The molecule has 0 aliphatic heterocycles. The minimum atomic E-state index is -0.787. The standard InChI is InChI=1S/C65H114O6/c1-4-7-10-13-16-19-22-25-28-31-34-37-40-43-46-49-52-55-58-64(67)70-61-62(60-69-63(66)57-54-51-48-45-42-39-36-33-30-27-24-21-18-15-12-9-6-3)71-65(68)59-56-53-50-47-44-41-38-35-32-29-26-23-20-17-14-11-8-5-2/h10,13,16,19,22,25,27-28,30-31,34,37,62H,4-9,11-12,14-15,17-18,20-21,23-24,26,29,32-33,35-36,38-61H2,1-3H3/b13-10-,19-16-,25-22-,30-27-,31-28-,37-34-. The Kier molecular flexibility index (Phi) is 56.8. The third-order valence-electron chi connectivity index (χ3n) is 13.3. The molecular formula is C65H114O6. The van der Waals surface area contributed by atoms with Gasteiger partial charge >= 0.3 is 17.9 Å². The average Bonchev–Trinajstić information content (AvgIpc) is 3.37. The van der Waals surface area contributed by atoms with Crippen molar-refractivity contribution in [1.82, 2.24) is 0 Å². The molecular weight excluding hydrogens is 877 g/mol. The predicted octanol–water partition coefficient (Wildman–Crippen LogP) is 20.5. The normalized spacial score (nSPS) is 12.5. The highest BCUT2D eigenvalue weighted by molar-refractivity contribution is 5.71. The fourth-order valence-electron chi connectivity index (χ4n) is 8.70. The average molecular weight is 992 g/mol. The second-order valence-electron chi connectivity index (χ2n) is 20.4. The maximum absolute atomic E-state index is 12.9. The summed E-state index contributed by atoms with van der Waals surface area (Å²) in [6, 6.07) is 0. The Labute approximate surface area is 440 Å². The second kappa shape index (κ2) is 59.4. The minimum absolute atomic E-state index is 0.0837. The van der Waals surface area contributed by atoms with Crippen LogP contribution < -0.4 is 0 Å². The summed E-state index contributed by atoms with van der Waals surface area (Å²) in [5.74, 6) is -0.899. The van der Waals surface area contributed by atoms with E-state index in [1.54, 1.807) is 0 Å². The van der Waals surface area contributed by atoms with Gasteiger partial charge in [-0.1, -0.05) is 293 Å². The number of esters is 3. The zero-order chi connectivity index (χ0) is 51.4. The molecule has 0 aromatic carbocycles. The van der Waals surface area contributed by atoms with E-state index in [2.05, 4.69) is 69.4 Å². The summed E-state index contributed by atoms with van der Waals surface area (Å²) >= 11 is 0. The third-order valence-corrected chi connectivity index (χ3v) is 13.3. The largest absolute Gasteiger partial charge is 0.462 e. The number of hydrogen-bond acceptors (Lipinski definition) is 6. The molecule has 0 aromatic rings. The van der Waals surface area contributed by atoms with Crippen LogP contribution in [-0.2, 0) is 28.6 Å². The van der Waals surface area contributed by atoms with Crippen molar-refractivity contribution in [2.24, 2.45) is 0 Å². The lowest BCUT2D eigenvalue weighted by atomic mass is 10.0. The maximum atomic E-state index is 12.9. The summed E-state index contributed by atoms with van der Waals surface area (Å²) in [7, 11) is 0. The van der Waals surface area contributed by atoms with E-state index in [4.69, 9.17) is 14.2 Å². The highest BCUT2D eigenvalue weighted by atomic mass is 16.6. The van der Waals surface area contributed by atoms with E-state index >= 15 is 0 Å². The number of rotatable bonds is 55. The molecule has 0 radical (unpaired) electrons. The van der Waals surface area contributed by atoms with Crippen LogP contribution in [0, 0.1) is 0 Å². The molecule has 0 fully saturated rings. The van der Waals surface area contributed by atoms with Gasteiger partial charge in [-0.15, -0.1) is 0 Å². The fourth-order valence-corrected chi connectivity index (χ4v) is 8.70. The Bertz CT molecular complexity index is 1320. The molecule has 0 saturated heterocycles. The molecule has 71 heavy (non-hydrogen) atoms. The van der Waals surface area contributed by atoms with Gasteiger partial charge in [0.1, 0.15) is 13.2 Å². The van der Waals surface area contributed by atoms with Gasteiger partial charge in [0.05, 0.1) is 0 Å². The number of carbonyl (C=O) groups excluding carboxylic acids is 3. The summed E-state index contributed by atoms with van der Waals surface area (Å²) in [5.41, 5.74) is 0. The monoisotopic (exact) mass is 991 g/mol. The quantitative estimate of drug-likeness (QED) is 0.0199. The summed E-state index contributed by atoms with van der Waals surface area (Å²) in [6.07, 6.45) is 76.0. The second-order valence-corrected chi connectivity index (χ2v) is 20.4. The van der Waals surface area contributed by atoms with Crippen molar-refractivity contribution in [2.45, 2.75) is 309 Å². The van der Waals surface area contributed by atoms with Crippen LogP contribution in [0.3, 0.4) is 0 Å². The number of hydrogen-bond donors (Lipinski definition) is 0. The van der Waals surface area contributed by atoms with Gasteiger partial charge in [0.25, 0.3) is 0 Å². The van der Waals surface area contributed by atoms with Gasteiger partial charge in [-0.05, 0) is 64.2 Å². The molecule has 0 aliphatic rings. The molecule has 0 bridgehead atoms. The first-order chi connectivity index (χ1) is 35.0. The topological polar surface area (TPSA) is 78.9 Å². The van der Waals surface area contributed by atoms with Gasteiger partial charge in [-0.3, -0.25) is 14.4 Å². The summed E-state index contributed by atoms with van der Waals surface area (Å²) in [6.45, 7) is 6.56. The van der Waals surface area contributed by atoms with Gasteiger partial charge in [0.2, 0.25) is 0 Å². The van der Waals surface area contributed by atoms with Crippen LogP contribution in [0.2, 0.25) is 0 Å². The van der Waals surface area contributed by atoms with Crippen LogP contribution >= 0.6 is 0 Å². The van der Waals surface area contributed by atoms with Crippen molar-refractivity contribution in [3.8, 4) is 0 Å². The molecule has 0 N–H and O–H groups in total. The Morgan fingerprint density at radius 2 is 0.549 bits per heavy atom. The van der Waals surface area contributed by atoms with Crippen LogP contribution in [-0.4, -0.2) is 37.2 Å². The molecule has 0 spiro atoms. The zero-order valence-corrected chi connectivity index (χ0v) is 47.0. The Morgan fingerprint density at radius 1 is 0.282 bits per heavy atom. The minimum Gasteiger partial charge on any atom is -0.462 e. The number of ether oxygens (including phenoxy) is 3. The van der Waals surface area contributed by atoms with Gasteiger partial charge in [-0.2, -0.15) is 0 Å². The van der Waals surface area contributed by atoms with E-state index in [1.807, 2.05) is 24.3 Å². The molecule has 410 valence electrons. The first kappa shape index (κ1) is 67.8. The molecule has 6 nitrogen and oxygen atoms in total. The SMILES string of the molecule is CCC\C=C/C=C\C=C/C=C\C=C/CCCCCCCC(=O)OCC(COC(=O)CCCCCCCCC/C=C\CCCCCCCC)OC(=O)CCCCCCCCCCCCCCCCCCCC. The van der Waals surface area contributed by atoms with Crippen LogP contribution in [0.1, 0.15) is 303 Å². The molecule has 1 unspecified atom stereocenters. The van der Waals surface area contributed by atoms with Crippen molar-refractivity contribution in [2.75, 3.05) is 13.2 Å². The molecule has 0 aliphatic carbocycles. The van der Waals surface area contributed by atoms with Crippen molar-refractivity contribution < 1.29 is 28.6 Å². The highest BCUT2D eigenvalue weighted by Crippen LogP contribution is 2.17. The van der Waals surface area contributed by atoms with E-state index in [1.165, 1.54) is 180 Å². The Hall–Kier alpha value is -3.15. The van der Waals surface area contributed by atoms with E-state index in [-0.39, 0.29) is 31.1 Å². The Balaban J connectivity index is 4.42. The lowest BCUT2D eigenvalue weighted by molar-refractivity contribution is -0.167. The molecule has 0 aromatic heterocycles. The summed E-state index contributed by atoms with van der Waals surface area (Å²) in [5, 5.41) is 0. The predicted molar refractivity (Wildman–Crippen MR) is 307 cm³/mol. The molecule has 1 atom stereocenters. The molecule has 0 heterocycles. The van der Waals surface area contributed by atoms with Gasteiger partial charge in [-0.25, -0.2) is 0 Å². The summed E-state index contributed by atoms with van der Waals surface area (Å²) in [4.78, 5) is 38.3. The van der Waals surface area contributed by atoms with Crippen molar-refractivity contribution in [3.63, 3.8) is 0 Å². The maximum Gasteiger partial charge on any atom is 0.306 e. The zero-order valence-electron chi connectivity index (χ0n) is 47.0. The lowest BCUT2D eigenvalue weighted by Crippen LogP contribution is -2.30. The molecule has 0 amide bonds. The smallest absolute Gasteiger partial charge is 0.306 e. The van der Waals surface area contributed by atoms with E-state index < -0.39 is 6.10 Å². The van der Waals surface area contributed by atoms with E-state index in [0.717, 1.165) is 83.5 Å². The number of allylic oxidation sites excluding steroid dienone is 12. The number of unbranched alkanes of at least 4 members (excludes halogenated alkanes) is 36. The lowest BCUT2D eigenvalue weighted by Gasteiger charge is -2.18. The van der Waals surface area contributed by atoms with Crippen LogP contribution in [0.5, 0.6) is 0 Å². The van der Waals surface area contributed by atoms with Crippen LogP contribution in [0.15, 0.2) is 72.9 Å². The first-order valence-corrected chi connectivity index (χ1v) is 30.5. The fraction of sp³-hybridized carbons (Fsp3) is 0.769. The van der Waals surface area contributed by atoms with Crippen molar-refractivity contribution in [1.29, 1.82) is 0 Å². The van der Waals surface area contributed by atoms with E-state index in [0.29, 0.717) is 19.3 Å². The molecule has 0 saturated carbocycles. The van der Waals surface area contributed by atoms with Crippen molar-refractivity contribution in [3.05, 3.63) is 72.9 Å². The van der Waals surface area contributed by atoms with Gasteiger partial charge < -0.3 is 14.2 Å².